The van der Waals surface area contributed by atoms with Crippen LogP contribution in [0.5, 0.6) is 5.75 Å². The molecule has 2 aromatic rings. The second kappa shape index (κ2) is 8.45. The molecule has 2 heterocycles. The van der Waals surface area contributed by atoms with E-state index < -0.39 is 5.54 Å². The minimum absolute atomic E-state index is 0.0227. The SMILES string of the molecule is CCCOCc1ccc(COc2cnn(C(C)(C)C)c(=O)c2Cl)nc1. The van der Waals surface area contributed by atoms with Gasteiger partial charge in [0.15, 0.2) is 10.8 Å². The van der Waals surface area contributed by atoms with Gasteiger partial charge >= 0.3 is 0 Å². The van der Waals surface area contributed by atoms with E-state index in [9.17, 15) is 4.79 Å². The van der Waals surface area contributed by atoms with Crippen molar-refractivity contribution in [3.05, 3.63) is 51.2 Å². The van der Waals surface area contributed by atoms with Crippen LogP contribution in [0.15, 0.2) is 29.3 Å². The van der Waals surface area contributed by atoms with Crippen LogP contribution in [0.2, 0.25) is 5.02 Å². The molecule has 0 unspecified atom stereocenters. The summed E-state index contributed by atoms with van der Waals surface area (Å²) in [4.78, 5) is 16.6. The van der Waals surface area contributed by atoms with Crippen LogP contribution in [-0.4, -0.2) is 21.4 Å². The van der Waals surface area contributed by atoms with Gasteiger partial charge in [-0.15, -0.1) is 0 Å². The summed E-state index contributed by atoms with van der Waals surface area (Å²) in [6.07, 6.45) is 4.20. The van der Waals surface area contributed by atoms with Gasteiger partial charge in [0.2, 0.25) is 0 Å². The number of pyridine rings is 1. The van der Waals surface area contributed by atoms with Crippen LogP contribution < -0.4 is 10.3 Å². The third-order valence-electron chi connectivity index (χ3n) is 3.40. The van der Waals surface area contributed by atoms with Gasteiger partial charge in [0.05, 0.1) is 24.0 Å². The Bertz CT molecular complexity index is 752. The van der Waals surface area contributed by atoms with Gasteiger partial charge in [0.1, 0.15) is 6.61 Å². The molecule has 0 fully saturated rings. The monoisotopic (exact) mass is 365 g/mol. The quantitative estimate of drug-likeness (QED) is 0.702. The molecule has 0 amide bonds. The molecule has 0 aliphatic carbocycles. The number of halogens is 1. The van der Waals surface area contributed by atoms with Crippen molar-refractivity contribution in [2.75, 3.05) is 6.61 Å². The maximum atomic E-state index is 12.3. The van der Waals surface area contributed by atoms with Gasteiger partial charge in [-0.05, 0) is 38.8 Å². The number of ether oxygens (including phenoxy) is 2. The fourth-order valence-electron chi connectivity index (χ4n) is 2.11. The molecule has 0 aromatic carbocycles. The molecule has 0 atom stereocenters. The average Bonchev–Trinajstić information content (AvgIpc) is 2.56. The molecule has 25 heavy (non-hydrogen) atoms. The Labute approximate surface area is 152 Å². The fourth-order valence-corrected chi connectivity index (χ4v) is 2.29. The highest BCUT2D eigenvalue weighted by Gasteiger charge is 2.20. The van der Waals surface area contributed by atoms with Crippen LogP contribution in [0.25, 0.3) is 0 Å². The molecule has 2 aromatic heterocycles. The van der Waals surface area contributed by atoms with E-state index in [4.69, 9.17) is 21.1 Å². The van der Waals surface area contributed by atoms with E-state index >= 15 is 0 Å². The van der Waals surface area contributed by atoms with E-state index in [1.807, 2.05) is 32.9 Å². The van der Waals surface area contributed by atoms with Gasteiger partial charge in [-0.3, -0.25) is 9.78 Å². The van der Waals surface area contributed by atoms with Crippen LogP contribution in [0.1, 0.15) is 45.4 Å². The predicted molar refractivity (Wildman–Crippen MR) is 97.0 cm³/mol. The van der Waals surface area contributed by atoms with Crippen molar-refractivity contribution in [1.29, 1.82) is 0 Å². The molecule has 6 nitrogen and oxygen atoms in total. The van der Waals surface area contributed by atoms with Crippen LogP contribution in [0.3, 0.4) is 0 Å². The summed E-state index contributed by atoms with van der Waals surface area (Å²) in [6.45, 7) is 9.20. The number of rotatable bonds is 7. The molecule has 0 aliphatic heterocycles. The largest absolute Gasteiger partial charge is 0.484 e. The third kappa shape index (κ3) is 5.28. The number of hydrogen-bond acceptors (Lipinski definition) is 5. The first kappa shape index (κ1) is 19.4. The highest BCUT2D eigenvalue weighted by atomic mass is 35.5. The van der Waals surface area contributed by atoms with Crippen molar-refractivity contribution in [3.63, 3.8) is 0 Å². The van der Waals surface area contributed by atoms with E-state index in [1.54, 1.807) is 6.20 Å². The minimum Gasteiger partial charge on any atom is -0.484 e. The summed E-state index contributed by atoms with van der Waals surface area (Å²) in [7, 11) is 0. The summed E-state index contributed by atoms with van der Waals surface area (Å²) < 4.78 is 12.4. The topological polar surface area (TPSA) is 66.2 Å². The van der Waals surface area contributed by atoms with Crippen molar-refractivity contribution in [2.24, 2.45) is 0 Å². The molecule has 0 saturated carbocycles. The molecule has 0 radical (unpaired) electrons. The highest BCUT2D eigenvalue weighted by Crippen LogP contribution is 2.21. The zero-order valence-electron chi connectivity index (χ0n) is 15.1. The molecule has 0 saturated heterocycles. The van der Waals surface area contributed by atoms with Crippen molar-refractivity contribution in [2.45, 2.75) is 52.9 Å². The summed E-state index contributed by atoms with van der Waals surface area (Å²) in [5.74, 6) is 0.254. The minimum atomic E-state index is -0.448. The number of nitrogens with zero attached hydrogens (tertiary/aromatic N) is 3. The Hall–Kier alpha value is -1.92. The summed E-state index contributed by atoms with van der Waals surface area (Å²) in [6, 6.07) is 3.81. The van der Waals surface area contributed by atoms with E-state index in [-0.39, 0.29) is 22.9 Å². The van der Waals surface area contributed by atoms with E-state index in [0.29, 0.717) is 6.61 Å². The van der Waals surface area contributed by atoms with E-state index in [1.165, 1.54) is 10.9 Å². The van der Waals surface area contributed by atoms with E-state index in [2.05, 4.69) is 17.0 Å². The number of hydrogen-bond donors (Lipinski definition) is 0. The first-order chi connectivity index (χ1) is 11.8. The Morgan fingerprint density at radius 3 is 2.56 bits per heavy atom. The first-order valence-corrected chi connectivity index (χ1v) is 8.63. The van der Waals surface area contributed by atoms with Gasteiger partial charge < -0.3 is 9.47 Å². The van der Waals surface area contributed by atoms with Crippen molar-refractivity contribution >= 4 is 11.6 Å². The lowest BCUT2D eigenvalue weighted by Gasteiger charge is -2.21. The lowest BCUT2D eigenvalue weighted by molar-refractivity contribution is 0.121. The van der Waals surface area contributed by atoms with Gasteiger partial charge in [0.25, 0.3) is 5.56 Å². The average molecular weight is 366 g/mol. The molecule has 136 valence electrons. The second-order valence-corrected chi connectivity index (χ2v) is 7.09. The van der Waals surface area contributed by atoms with Crippen molar-refractivity contribution < 1.29 is 9.47 Å². The molecule has 0 bridgehead atoms. The lowest BCUT2D eigenvalue weighted by Crippen LogP contribution is -2.36. The first-order valence-electron chi connectivity index (χ1n) is 8.25. The summed E-state index contributed by atoms with van der Waals surface area (Å²) >= 11 is 6.13. The highest BCUT2D eigenvalue weighted by molar-refractivity contribution is 6.31. The Morgan fingerprint density at radius 1 is 1.20 bits per heavy atom. The molecule has 0 spiro atoms. The maximum Gasteiger partial charge on any atom is 0.289 e. The van der Waals surface area contributed by atoms with Gasteiger partial charge in [-0.1, -0.05) is 24.6 Å². The maximum absolute atomic E-state index is 12.3. The third-order valence-corrected chi connectivity index (χ3v) is 3.75. The predicted octanol–water partition coefficient (Wildman–Crippen LogP) is 3.55. The summed E-state index contributed by atoms with van der Waals surface area (Å²) in [5, 5.41) is 4.16. The van der Waals surface area contributed by atoms with Crippen molar-refractivity contribution in [3.8, 4) is 5.75 Å². The zero-order valence-corrected chi connectivity index (χ0v) is 15.8. The van der Waals surface area contributed by atoms with Crippen LogP contribution >= 0.6 is 11.6 Å². The second-order valence-electron chi connectivity index (χ2n) is 6.71. The molecular formula is C18H24ClN3O3. The molecule has 0 N–H and O–H groups in total. The lowest BCUT2D eigenvalue weighted by atomic mass is 10.1. The molecule has 0 aliphatic rings. The molecular weight excluding hydrogens is 342 g/mol. The number of aromatic nitrogens is 3. The Morgan fingerprint density at radius 2 is 1.96 bits per heavy atom. The van der Waals surface area contributed by atoms with Gasteiger partial charge in [-0.2, -0.15) is 5.10 Å². The standard InChI is InChI=1S/C18H24ClN3O3/c1-5-8-24-11-13-6-7-14(20-9-13)12-25-15-10-21-22(18(2,3)4)17(23)16(15)19/h6-7,9-10H,5,8,11-12H2,1-4H3. The Kier molecular flexibility index (Phi) is 6.56. The van der Waals surface area contributed by atoms with Gasteiger partial charge in [0, 0.05) is 12.8 Å². The van der Waals surface area contributed by atoms with Crippen LogP contribution in [0, 0.1) is 0 Å². The smallest absolute Gasteiger partial charge is 0.289 e. The fraction of sp³-hybridized carbons (Fsp3) is 0.500. The summed E-state index contributed by atoms with van der Waals surface area (Å²) in [5.41, 5.74) is 0.916. The zero-order chi connectivity index (χ0) is 18.4. The normalized spacial score (nSPS) is 11.6. The molecule has 7 heteroatoms. The van der Waals surface area contributed by atoms with Crippen molar-refractivity contribution in [1.82, 2.24) is 14.8 Å². The molecule has 2 rings (SSSR count). The van der Waals surface area contributed by atoms with Crippen LogP contribution in [0.4, 0.5) is 0 Å². The van der Waals surface area contributed by atoms with E-state index in [0.717, 1.165) is 24.3 Å². The van der Waals surface area contributed by atoms with Gasteiger partial charge in [-0.25, -0.2) is 4.68 Å². The van der Waals surface area contributed by atoms with Crippen LogP contribution in [-0.2, 0) is 23.5 Å². The Balaban J connectivity index is 2.02.